The maximum atomic E-state index is 13.3. The van der Waals surface area contributed by atoms with Crippen molar-refractivity contribution in [3.05, 3.63) is 90.0 Å². The molecule has 0 radical (unpaired) electrons. The second kappa shape index (κ2) is 6.17. The van der Waals surface area contributed by atoms with Gasteiger partial charge in [0, 0.05) is 17.2 Å². The standard InChI is InChI=1S/C22H20N3O3S/c1-29(27,28)24-17-11-7-10-16(14-17)23-25-19-13-6-5-12-18(19)20(22(25)26)21(25)15-8-3-2-4-9-15/h2-14,20-21,23-24H,1H3/q+1. The van der Waals surface area contributed by atoms with Crippen molar-refractivity contribution in [3.8, 4) is 0 Å². The maximum Gasteiger partial charge on any atom is 0.357 e. The Morgan fingerprint density at radius 2 is 1.55 bits per heavy atom. The number of hydrogen-bond donors (Lipinski definition) is 2. The topological polar surface area (TPSA) is 75.3 Å². The highest BCUT2D eigenvalue weighted by Crippen LogP contribution is 2.63. The summed E-state index contributed by atoms with van der Waals surface area (Å²) < 4.78 is 25.7. The van der Waals surface area contributed by atoms with E-state index in [0.29, 0.717) is 11.4 Å². The molecular formula is C22H20N3O3S+. The van der Waals surface area contributed by atoms with E-state index < -0.39 is 10.0 Å². The van der Waals surface area contributed by atoms with Crippen LogP contribution in [-0.2, 0) is 14.8 Å². The minimum atomic E-state index is -3.39. The second-order valence-corrected chi connectivity index (χ2v) is 9.27. The summed E-state index contributed by atoms with van der Waals surface area (Å²) in [6.07, 6.45) is 1.11. The van der Waals surface area contributed by atoms with Crippen LogP contribution < -0.4 is 14.7 Å². The Hall–Kier alpha value is -3.16. The summed E-state index contributed by atoms with van der Waals surface area (Å²) in [4.78, 5) is 13.3. The SMILES string of the molecule is CS(=O)(=O)Nc1cccc(N[N+]23C(=O)C(c4ccccc42)C3c2ccccc2)c1. The Morgan fingerprint density at radius 1 is 0.862 bits per heavy atom. The molecule has 1 saturated heterocycles. The van der Waals surface area contributed by atoms with Gasteiger partial charge in [0.1, 0.15) is 0 Å². The van der Waals surface area contributed by atoms with E-state index in [2.05, 4.69) is 10.1 Å². The van der Waals surface area contributed by atoms with Crippen molar-refractivity contribution >= 4 is 33.0 Å². The van der Waals surface area contributed by atoms with Crippen LogP contribution in [0.4, 0.5) is 17.1 Å². The van der Waals surface area contributed by atoms with Crippen LogP contribution >= 0.6 is 0 Å². The van der Waals surface area contributed by atoms with E-state index in [1.54, 1.807) is 18.2 Å². The molecule has 1 fully saturated rings. The number of anilines is 2. The molecule has 2 aliphatic rings. The average Bonchev–Trinajstić information content (AvgIpc) is 3.12. The van der Waals surface area contributed by atoms with Gasteiger partial charge in [-0.05, 0) is 18.2 Å². The first-order chi connectivity index (χ1) is 13.9. The van der Waals surface area contributed by atoms with E-state index in [4.69, 9.17) is 0 Å². The Morgan fingerprint density at radius 3 is 2.31 bits per heavy atom. The van der Waals surface area contributed by atoms with Crippen molar-refractivity contribution in [2.75, 3.05) is 16.4 Å². The van der Waals surface area contributed by atoms with Crippen LogP contribution in [0.5, 0.6) is 0 Å². The molecule has 2 heterocycles. The zero-order valence-corrected chi connectivity index (χ0v) is 16.6. The van der Waals surface area contributed by atoms with Gasteiger partial charge in [0.2, 0.25) is 10.0 Å². The van der Waals surface area contributed by atoms with Crippen molar-refractivity contribution in [2.45, 2.75) is 12.0 Å². The Balaban J connectivity index is 1.60. The number of para-hydroxylation sites is 1. The van der Waals surface area contributed by atoms with Crippen LogP contribution in [0.2, 0.25) is 0 Å². The first-order valence-electron chi connectivity index (χ1n) is 9.34. The Bertz CT molecular complexity index is 1230. The van der Waals surface area contributed by atoms with Gasteiger partial charge in [0.05, 0.1) is 17.6 Å². The van der Waals surface area contributed by atoms with Crippen LogP contribution in [0, 0.1) is 0 Å². The van der Waals surface area contributed by atoms with Gasteiger partial charge in [-0.3, -0.25) is 4.72 Å². The first kappa shape index (κ1) is 17.9. The predicted octanol–water partition coefficient (Wildman–Crippen LogP) is 3.77. The molecule has 146 valence electrons. The number of nitrogens with one attached hydrogen (secondary N) is 2. The molecule has 2 bridgehead atoms. The molecule has 3 atom stereocenters. The first-order valence-corrected chi connectivity index (χ1v) is 11.2. The molecule has 5 rings (SSSR count). The Kier molecular flexibility index (Phi) is 3.81. The zero-order valence-electron chi connectivity index (χ0n) is 15.7. The fourth-order valence-corrected chi connectivity index (χ4v) is 5.15. The molecule has 29 heavy (non-hydrogen) atoms. The number of fused-ring (bicyclic) bond motifs is 5. The molecule has 7 heteroatoms. The fourth-order valence-electron chi connectivity index (χ4n) is 4.60. The van der Waals surface area contributed by atoms with Crippen LogP contribution in [0.15, 0.2) is 78.9 Å². The molecular weight excluding hydrogens is 386 g/mol. The van der Waals surface area contributed by atoms with E-state index in [0.717, 1.165) is 23.1 Å². The number of hydrogen-bond acceptors (Lipinski definition) is 4. The number of quaternary nitrogens is 1. The van der Waals surface area contributed by atoms with E-state index >= 15 is 0 Å². The van der Waals surface area contributed by atoms with Crippen LogP contribution in [0.3, 0.4) is 0 Å². The minimum absolute atomic E-state index is 0.00712. The predicted molar refractivity (Wildman–Crippen MR) is 114 cm³/mol. The Labute approximate surface area is 169 Å². The van der Waals surface area contributed by atoms with Crippen molar-refractivity contribution < 1.29 is 13.2 Å². The number of rotatable bonds is 5. The summed E-state index contributed by atoms with van der Waals surface area (Å²) in [6, 6.07) is 24.9. The average molecular weight is 406 g/mol. The van der Waals surface area contributed by atoms with Gasteiger partial charge in [-0.1, -0.05) is 54.6 Å². The third-order valence-electron chi connectivity index (χ3n) is 5.61. The molecule has 0 saturated carbocycles. The van der Waals surface area contributed by atoms with Gasteiger partial charge in [-0.25, -0.2) is 18.6 Å². The van der Waals surface area contributed by atoms with Crippen molar-refractivity contribution in [3.63, 3.8) is 0 Å². The van der Waals surface area contributed by atoms with Gasteiger partial charge in [-0.2, -0.15) is 0 Å². The molecule has 0 aromatic heterocycles. The van der Waals surface area contributed by atoms with E-state index in [1.165, 1.54) is 0 Å². The van der Waals surface area contributed by atoms with Gasteiger partial charge in [0.25, 0.3) is 0 Å². The summed E-state index contributed by atoms with van der Waals surface area (Å²) in [5, 5.41) is 0. The van der Waals surface area contributed by atoms with Crippen molar-refractivity contribution in [1.29, 1.82) is 0 Å². The zero-order chi connectivity index (χ0) is 20.2. The third-order valence-corrected chi connectivity index (χ3v) is 6.22. The number of amides is 1. The lowest BCUT2D eigenvalue weighted by Crippen LogP contribution is -2.68. The minimum Gasteiger partial charge on any atom is -0.284 e. The highest BCUT2D eigenvalue weighted by Gasteiger charge is 2.74. The number of carbonyl (C=O) groups is 1. The number of sulfonamides is 1. The largest absolute Gasteiger partial charge is 0.357 e. The molecule has 3 aromatic carbocycles. The van der Waals surface area contributed by atoms with E-state index in [9.17, 15) is 13.2 Å². The number of carbonyl (C=O) groups excluding carboxylic acids is 1. The van der Waals surface area contributed by atoms with Crippen molar-refractivity contribution in [1.82, 2.24) is 4.59 Å². The number of benzene rings is 3. The number of β-lactam (4-membered cyclic amide) rings is 1. The molecule has 6 nitrogen and oxygen atoms in total. The summed E-state index contributed by atoms with van der Waals surface area (Å²) in [7, 11) is -3.39. The lowest BCUT2D eigenvalue weighted by molar-refractivity contribution is -0.143. The van der Waals surface area contributed by atoms with Gasteiger partial charge in [-0.15, -0.1) is 4.59 Å². The fraction of sp³-hybridized carbons (Fsp3) is 0.136. The highest BCUT2D eigenvalue weighted by molar-refractivity contribution is 7.92. The normalized spacial score (nSPS) is 24.5. The van der Waals surface area contributed by atoms with E-state index in [-0.39, 0.29) is 22.5 Å². The molecule has 3 aromatic rings. The lowest BCUT2D eigenvalue weighted by atomic mass is 9.83. The monoisotopic (exact) mass is 406 g/mol. The molecule has 2 N–H and O–H groups in total. The van der Waals surface area contributed by atoms with Gasteiger partial charge >= 0.3 is 5.91 Å². The molecule has 3 unspecified atom stereocenters. The van der Waals surface area contributed by atoms with Crippen LogP contribution in [0.1, 0.15) is 23.1 Å². The summed E-state index contributed by atoms with van der Waals surface area (Å²) in [6.45, 7) is 0. The van der Waals surface area contributed by atoms with Crippen LogP contribution in [-0.4, -0.2) is 20.6 Å². The molecule has 0 spiro atoms. The van der Waals surface area contributed by atoms with Gasteiger partial charge in [0.15, 0.2) is 17.6 Å². The molecule has 1 amide bonds. The summed E-state index contributed by atoms with van der Waals surface area (Å²) in [5.74, 6) is -0.0834. The lowest BCUT2D eigenvalue weighted by Gasteiger charge is -2.45. The molecule has 0 aliphatic carbocycles. The quantitative estimate of drug-likeness (QED) is 0.500. The second-order valence-electron chi connectivity index (χ2n) is 7.52. The maximum absolute atomic E-state index is 13.3. The summed E-state index contributed by atoms with van der Waals surface area (Å²) >= 11 is 0. The number of nitrogens with zero attached hydrogens (tertiary/aromatic N) is 1. The molecule has 2 aliphatic heterocycles. The highest BCUT2D eigenvalue weighted by atomic mass is 32.2. The van der Waals surface area contributed by atoms with Crippen LogP contribution in [0.25, 0.3) is 0 Å². The third kappa shape index (κ3) is 2.66. The van der Waals surface area contributed by atoms with Gasteiger partial charge < -0.3 is 0 Å². The van der Waals surface area contributed by atoms with E-state index in [1.807, 2.05) is 60.7 Å². The van der Waals surface area contributed by atoms with Crippen molar-refractivity contribution in [2.24, 2.45) is 0 Å². The smallest absolute Gasteiger partial charge is 0.284 e. The summed E-state index contributed by atoms with van der Waals surface area (Å²) in [5.41, 5.74) is 7.61.